The van der Waals surface area contributed by atoms with E-state index in [4.69, 9.17) is 0 Å². The van der Waals surface area contributed by atoms with Crippen molar-refractivity contribution in [3.05, 3.63) is 23.8 Å². The van der Waals surface area contributed by atoms with E-state index in [1.165, 1.54) is 17.9 Å². The van der Waals surface area contributed by atoms with E-state index in [0.29, 0.717) is 19.3 Å². The Kier molecular flexibility index (Phi) is 10.3. The molecule has 2 rings (SSSR count). The zero-order valence-corrected chi connectivity index (χ0v) is 21.5. The highest BCUT2D eigenvalue weighted by Crippen LogP contribution is 2.23. The Morgan fingerprint density at radius 2 is 1.70 bits per heavy atom. The van der Waals surface area contributed by atoms with Crippen LogP contribution < -0.4 is 16.0 Å². The second-order valence-electron chi connectivity index (χ2n) is 9.27. The molecule has 5 atom stereocenters. The largest absolute Gasteiger partial charge is 0.508 e. The molecule has 1 heterocycles. The van der Waals surface area contributed by atoms with Crippen molar-refractivity contribution in [2.75, 3.05) is 6.54 Å². The van der Waals surface area contributed by atoms with E-state index in [0.717, 1.165) is 12.1 Å². The molecule has 0 aliphatic carbocycles. The lowest BCUT2D eigenvalue weighted by atomic mass is 9.97. The van der Waals surface area contributed by atoms with E-state index in [9.17, 15) is 39.3 Å². The Morgan fingerprint density at radius 1 is 1.03 bits per heavy atom. The third-order valence-electron chi connectivity index (χ3n) is 6.60. The van der Waals surface area contributed by atoms with Crippen LogP contribution in [0.4, 0.5) is 0 Å². The first-order valence-corrected chi connectivity index (χ1v) is 12.4. The number of hydrogen-bond acceptors (Lipinski definition) is 7. The number of rotatable bonds is 11. The van der Waals surface area contributed by atoms with Gasteiger partial charge in [0.15, 0.2) is 0 Å². The molecule has 1 aromatic rings. The number of aliphatic carboxylic acids is 1. The highest BCUT2D eigenvalue weighted by Gasteiger charge is 2.39. The number of benzene rings is 1. The van der Waals surface area contributed by atoms with Crippen molar-refractivity contribution >= 4 is 29.6 Å². The van der Waals surface area contributed by atoms with E-state index in [-0.39, 0.29) is 35.9 Å². The van der Waals surface area contributed by atoms with Crippen LogP contribution in [-0.4, -0.2) is 80.5 Å². The van der Waals surface area contributed by atoms with Gasteiger partial charge >= 0.3 is 5.97 Å². The second-order valence-corrected chi connectivity index (χ2v) is 9.27. The summed E-state index contributed by atoms with van der Waals surface area (Å²) in [6.07, 6.45) is 1.61. The standard InChI is InChI=1S/C25H36N4O8/c1-5-13(3)20(23(34)27-17(6-2)25(36)37)28-22(33)18-8-7-11-29(18)24(35)14(4)26-21(32)16-12-15(30)9-10-19(16)31/h9-10,12-14,17-18,20,30-31H,5-8,11H2,1-4H3,(H,26,32)(H,27,34)(H,28,33)(H,36,37)/t13-,14+,17-,18-,20-/m0/s1. The fourth-order valence-electron chi connectivity index (χ4n) is 4.15. The van der Waals surface area contributed by atoms with Crippen molar-refractivity contribution in [1.82, 2.24) is 20.9 Å². The number of carbonyl (C=O) groups excluding carboxylic acids is 4. The van der Waals surface area contributed by atoms with Gasteiger partial charge in [0.05, 0.1) is 5.56 Å². The number of nitrogens with zero attached hydrogens (tertiary/aromatic N) is 1. The lowest BCUT2D eigenvalue weighted by Gasteiger charge is -2.30. The van der Waals surface area contributed by atoms with Crippen LogP contribution in [0.2, 0.25) is 0 Å². The minimum atomic E-state index is -1.17. The second kappa shape index (κ2) is 12.9. The summed E-state index contributed by atoms with van der Waals surface area (Å²) < 4.78 is 0. The summed E-state index contributed by atoms with van der Waals surface area (Å²) in [6, 6.07) is -0.558. The van der Waals surface area contributed by atoms with Gasteiger partial charge in [-0.05, 0) is 50.3 Å². The molecule has 12 heteroatoms. The molecule has 0 spiro atoms. The number of likely N-dealkylation sites (tertiary alicyclic amines) is 1. The van der Waals surface area contributed by atoms with Crippen LogP contribution in [0.3, 0.4) is 0 Å². The van der Waals surface area contributed by atoms with Gasteiger partial charge in [0.2, 0.25) is 17.7 Å². The summed E-state index contributed by atoms with van der Waals surface area (Å²) in [5, 5.41) is 36.4. The lowest BCUT2D eigenvalue weighted by Crippen LogP contribution is -2.58. The summed E-state index contributed by atoms with van der Waals surface area (Å²) in [4.78, 5) is 64.4. The van der Waals surface area contributed by atoms with Gasteiger partial charge in [-0.25, -0.2) is 4.79 Å². The number of carboxylic acids is 1. The molecule has 37 heavy (non-hydrogen) atoms. The normalized spacial score (nSPS) is 18.3. The summed E-state index contributed by atoms with van der Waals surface area (Å²) in [5.41, 5.74) is -0.204. The lowest BCUT2D eigenvalue weighted by molar-refractivity contribution is -0.143. The van der Waals surface area contributed by atoms with E-state index < -0.39 is 53.8 Å². The van der Waals surface area contributed by atoms with Crippen LogP contribution >= 0.6 is 0 Å². The van der Waals surface area contributed by atoms with Gasteiger partial charge in [-0.15, -0.1) is 0 Å². The van der Waals surface area contributed by atoms with Crippen molar-refractivity contribution in [1.29, 1.82) is 0 Å². The number of aromatic hydroxyl groups is 2. The molecule has 12 nitrogen and oxygen atoms in total. The first kappa shape index (κ1) is 29.4. The minimum absolute atomic E-state index is 0.178. The van der Waals surface area contributed by atoms with E-state index in [1.807, 2.05) is 6.92 Å². The van der Waals surface area contributed by atoms with Gasteiger partial charge in [-0.2, -0.15) is 0 Å². The summed E-state index contributed by atoms with van der Waals surface area (Å²) in [5.74, 6) is -4.51. The smallest absolute Gasteiger partial charge is 0.326 e. The molecule has 1 saturated heterocycles. The van der Waals surface area contributed by atoms with Crippen LogP contribution in [0.15, 0.2) is 18.2 Å². The Balaban J connectivity index is 2.11. The Morgan fingerprint density at radius 3 is 2.30 bits per heavy atom. The maximum atomic E-state index is 13.2. The third kappa shape index (κ3) is 7.34. The van der Waals surface area contributed by atoms with Crippen LogP contribution in [-0.2, 0) is 19.2 Å². The molecule has 0 radical (unpaired) electrons. The summed E-state index contributed by atoms with van der Waals surface area (Å²) >= 11 is 0. The fourth-order valence-corrected chi connectivity index (χ4v) is 4.15. The van der Waals surface area contributed by atoms with Gasteiger partial charge in [-0.1, -0.05) is 27.2 Å². The number of phenolic OH excluding ortho intramolecular Hbond substituents is 2. The van der Waals surface area contributed by atoms with E-state index in [1.54, 1.807) is 13.8 Å². The summed E-state index contributed by atoms with van der Waals surface area (Å²) in [6.45, 7) is 6.94. The molecule has 0 aromatic heterocycles. The fraction of sp³-hybridized carbons (Fsp3) is 0.560. The Labute approximate surface area is 215 Å². The first-order chi connectivity index (χ1) is 17.4. The maximum Gasteiger partial charge on any atom is 0.326 e. The number of phenols is 2. The SMILES string of the molecule is CC[C@H](NC(=O)[C@@H](NC(=O)[C@@H]1CCCN1C(=O)[C@@H](C)NC(=O)c1cc(O)ccc1O)[C@@H](C)CC)C(=O)O. The molecule has 1 aliphatic rings. The topological polar surface area (TPSA) is 185 Å². The molecule has 6 N–H and O–H groups in total. The average molecular weight is 521 g/mol. The molecular formula is C25H36N4O8. The molecular weight excluding hydrogens is 484 g/mol. The number of amides is 4. The van der Waals surface area contributed by atoms with Gasteiger partial charge in [0.1, 0.15) is 35.7 Å². The van der Waals surface area contributed by atoms with Crippen LogP contribution in [0, 0.1) is 5.92 Å². The number of hydrogen-bond donors (Lipinski definition) is 6. The molecule has 1 fully saturated rings. The van der Waals surface area contributed by atoms with Gasteiger partial charge in [0, 0.05) is 6.54 Å². The number of carbonyl (C=O) groups is 5. The molecule has 204 valence electrons. The predicted octanol–water partition coefficient (Wildman–Crippen LogP) is 0.717. The Bertz CT molecular complexity index is 1030. The quantitative estimate of drug-likeness (QED) is 0.230. The summed E-state index contributed by atoms with van der Waals surface area (Å²) in [7, 11) is 0. The van der Waals surface area contributed by atoms with E-state index >= 15 is 0 Å². The van der Waals surface area contributed by atoms with Crippen LogP contribution in [0.1, 0.15) is 63.7 Å². The minimum Gasteiger partial charge on any atom is -0.508 e. The van der Waals surface area contributed by atoms with Crippen molar-refractivity contribution in [2.45, 2.75) is 77.5 Å². The van der Waals surface area contributed by atoms with Gasteiger partial charge < -0.3 is 36.2 Å². The molecule has 0 saturated carbocycles. The molecule has 4 amide bonds. The number of nitrogens with one attached hydrogen (secondary N) is 3. The van der Waals surface area contributed by atoms with E-state index in [2.05, 4.69) is 16.0 Å². The average Bonchev–Trinajstić information content (AvgIpc) is 3.35. The van der Waals surface area contributed by atoms with Crippen molar-refractivity contribution in [3.63, 3.8) is 0 Å². The van der Waals surface area contributed by atoms with Crippen LogP contribution in [0.25, 0.3) is 0 Å². The molecule has 0 bridgehead atoms. The third-order valence-corrected chi connectivity index (χ3v) is 6.60. The van der Waals surface area contributed by atoms with Crippen molar-refractivity contribution in [3.8, 4) is 11.5 Å². The predicted molar refractivity (Wildman–Crippen MR) is 133 cm³/mol. The molecule has 0 unspecified atom stereocenters. The molecule has 1 aliphatic heterocycles. The van der Waals surface area contributed by atoms with Gasteiger partial charge in [0.25, 0.3) is 5.91 Å². The molecule has 1 aromatic carbocycles. The Hall–Kier alpha value is -3.83. The maximum absolute atomic E-state index is 13.2. The van der Waals surface area contributed by atoms with Crippen LogP contribution in [0.5, 0.6) is 11.5 Å². The number of carboxylic acid groups (broad SMARTS) is 1. The monoisotopic (exact) mass is 520 g/mol. The highest BCUT2D eigenvalue weighted by molar-refractivity contribution is 6.00. The van der Waals surface area contributed by atoms with Crippen molar-refractivity contribution < 1.29 is 39.3 Å². The zero-order chi connectivity index (χ0) is 27.9. The van der Waals surface area contributed by atoms with Crippen molar-refractivity contribution in [2.24, 2.45) is 5.92 Å². The van der Waals surface area contributed by atoms with Gasteiger partial charge in [-0.3, -0.25) is 19.2 Å². The highest BCUT2D eigenvalue weighted by atomic mass is 16.4. The first-order valence-electron chi connectivity index (χ1n) is 12.4. The zero-order valence-electron chi connectivity index (χ0n) is 21.5.